The van der Waals surface area contributed by atoms with Crippen molar-refractivity contribution in [1.29, 1.82) is 0 Å². The number of ether oxygens (including phenoxy) is 1. The third kappa shape index (κ3) is 3.60. The molecule has 1 aromatic rings. The van der Waals surface area contributed by atoms with Gasteiger partial charge in [0, 0.05) is 31.8 Å². The molecule has 1 N–H and O–H groups in total. The number of rotatable bonds is 6. The summed E-state index contributed by atoms with van der Waals surface area (Å²) in [5.41, 5.74) is 3.42. The molecule has 0 unspecified atom stereocenters. The lowest BCUT2D eigenvalue weighted by Gasteiger charge is -2.10. The fraction of sp³-hybridized carbons (Fsp3) is 0.733. The smallest absolute Gasteiger partial charge is 0.220 e. The van der Waals surface area contributed by atoms with Crippen LogP contribution >= 0.6 is 0 Å². The molecule has 0 radical (unpaired) electrons. The highest BCUT2D eigenvalue weighted by Crippen LogP contribution is 2.15. The minimum Gasteiger partial charge on any atom is -0.376 e. The van der Waals surface area contributed by atoms with E-state index in [0.717, 1.165) is 38.1 Å². The fourth-order valence-corrected chi connectivity index (χ4v) is 2.76. The first-order valence-corrected chi connectivity index (χ1v) is 7.53. The highest BCUT2D eigenvalue weighted by Gasteiger charge is 2.17. The van der Waals surface area contributed by atoms with Crippen LogP contribution in [0.25, 0.3) is 0 Å². The first-order chi connectivity index (χ1) is 9.61. The summed E-state index contributed by atoms with van der Waals surface area (Å²) >= 11 is 0. The predicted molar refractivity (Wildman–Crippen MR) is 77.7 cm³/mol. The third-order valence-electron chi connectivity index (χ3n) is 3.98. The average molecular weight is 279 g/mol. The van der Waals surface area contributed by atoms with Crippen molar-refractivity contribution >= 4 is 5.91 Å². The highest BCUT2D eigenvalue weighted by atomic mass is 16.5. The highest BCUT2D eigenvalue weighted by molar-refractivity contribution is 5.76. The minimum atomic E-state index is 0.101. The Hall–Kier alpha value is -1.36. The first-order valence-electron chi connectivity index (χ1n) is 7.53. The van der Waals surface area contributed by atoms with Gasteiger partial charge in [-0.05, 0) is 45.6 Å². The number of aromatic nitrogens is 2. The van der Waals surface area contributed by atoms with E-state index in [2.05, 4.69) is 24.3 Å². The molecular weight excluding hydrogens is 254 g/mol. The van der Waals surface area contributed by atoms with Gasteiger partial charge in [0.15, 0.2) is 0 Å². The molecule has 0 saturated carbocycles. The fourth-order valence-electron chi connectivity index (χ4n) is 2.76. The Morgan fingerprint density at radius 1 is 1.50 bits per heavy atom. The Labute approximate surface area is 120 Å². The van der Waals surface area contributed by atoms with Crippen LogP contribution in [-0.2, 0) is 22.5 Å². The second-order valence-electron chi connectivity index (χ2n) is 5.40. The van der Waals surface area contributed by atoms with Gasteiger partial charge < -0.3 is 10.1 Å². The van der Waals surface area contributed by atoms with Gasteiger partial charge in [-0.3, -0.25) is 9.48 Å². The minimum absolute atomic E-state index is 0.101. The Balaban J connectivity index is 1.79. The van der Waals surface area contributed by atoms with Crippen molar-refractivity contribution in [3.63, 3.8) is 0 Å². The monoisotopic (exact) mass is 279 g/mol. The van der Waals surface area contributed by atoms with Gasteiger partial charge in [-0.25, -0.2) is 0 Å². The van der Waals surface area contributed by atoms with Crippen molar-refractivity contribution in [3.8, 4) is 0 Å². The van der Waals surface area contributed by atoms with Crippen molar-refractivity contribution in [3.05, 3.63) is 17.0 Å². The summed E-state index contributed by atoms with van der Waals surface area (Å²) in [7, 11) is 0. The summed E-state index contributed by atoms with van der Waals surface area (Å²) < 4.78 is 7.49. The molecule has 0 spiro atoms. The molecule has 20 heavy (non-hydrogen) atoms. The summed E-state index contributed by atoms with van der Waals surface area (Å²) in [5.74, 6) is 0.101. The van der Waals surface area contributed by atoms with Crippen molar-refractivity contribution < 1.29 is 9.53 Å². The molecule has 1 atom stereocenters. The van der Waals surface area contributed by atoms with E-state index in [4.69, 9.17) is 4.74 Å². The van der Waals surface area contributed by atoms with Crippen LogP contribution < -0.4 is 5.32 Å². The van der Waals surface area contributed by atoms with Crippen molar-refractivity contribution in [2.75, 3.05) is 13.2 Å². The van der Waals surface area contributed by atoms with Crippen molar-refractivity contribution in [1.82, 2.24) is 15.1 Å². The normalized spacial score (nSPS) is 18.4. The number of carbonyl (C=O) groups excluding carboxylic acids is 1. The number of amides is 1. The van der Waals surface area contributed by atoms with Gasteiger partial charge in [0.05, 0.1) is 11.8 Å². The zero-order valence-corrected chi connectivity index (χ0v) is 12.7. The number of nitrogens with one attached hydrogen (secondary N) is 1. The maximum Gasteiger partial charge on any atom is 0.220 e. The molecule has 1 aliphatic rings. The molecule has 0 aliphatic carbocycles. The van der Waals surface area contributed by atoms with E-state index in [1.807, 2.05) is 11.6 Å². The molecule has 1 amide bonds. The molecule has 5 heteroatoms. The Kier molecular flexibility index (Phi) is 5.17. The van der Waals surface area contributed by atoms with Gasteiger partial charge in [-0.2, -0.15) is 5.10 Å². The molecule has 1 aromatic heterocycles. The van der Waals surface area contributed by atoms with E-state index >= 15 is 0 Å². The Morgan fingerprint density at radius 2 is 2.30 bits per heavy atom. The summed E-state index contributed by atoms with van der Waals surface area (Å²) in [6.07, 6.45) is 3.65. The third-order valence-corrected chi connectivity index (χ3v) is 3.98. The van der Waals surface area contributed by atoms with Crippen LogP contribution in [0.3, 0.4) is 0 Å². The van der Waals surface area contributed by atoms with Crippen molar-refractivity contribution in [2.24, 2.45) is 0 Å². The molecule has 112 valence electrons. The van der Waals surface area contributed by atoms with Gasteiger partial charge >= 0.3 is 0 Å². The molecule has 2 rings (SSSR count). The van der Waals surface area contributed by atoms with Crippen LogP contribution in [0.1, 0.15) is 43.1 Å². The molecular formula is C15H25N3O2. The molecule has 1 fully saturated rings. The maximum absolute atomic E-state index is 11.9. The van der Waals surface area contributed by atoms with Crippen LogP contribution in [-0.4, -0.2) is 34.9 Å². The van der Waals surface area contributed by atoms with E-state index in [-0.39, 0.29) is 12.0 Å². The number of hydrogen-bond donors (Lipinski definition) is 1. The zero-order chi connectivity index (χ0) is 14.5. The van der Waals surface area contributed by atoms with E-state index in [1.165, 1.54) is 11.3 Å². The number of nitrogens with zero attached hydrogens (tertiary/aromatic N) is 2. The number of carbonyl (C=O) groups is 1. The quantitative estimate of drug-likeness (QED) is 0.863. The molecule has 2 heterocycles. The van der Waals surface area contributed by atoms with Gasteiger partial charge in [0.2, 0.25) is 5.91 Å². The molecule has 1 aliphatic heterocycles. The zero-order valence-electron chi connectivity index (χ0n) is 12.7. The number of hydrogen-bond acceptors (Lipinski definition) is 3. The van der Waals surface area contributed by atoms with Gasteiger partial charge in [0.1, 0.15) is 0 Å². The first kappa shape index (κ1) is 15.0. The lowest BCUT2D eigenvalue weighted by molar-refractivity contribution is -0.121. The van der Waals surface area contributed by atoms with Crippen LogP contribution in [0.4, 0.5) is 0 Å². The van der Waals surface area contributed by atoms with E-state index < -0.39 is 0 Å². The van der Waals surface area contributed by atoms with Gasteiger partial charge in [-0.1, -0.05) is 0 Å². The van der Waals surface area contributed by atoms with E-state index in [1.54, 1.807) is 0 Å². The van der Waals surface area contributed by atoms with Crippen molar-refractivity contribution in [2.45, 2.75) is 59.1 Å². The predicted octanol–water partition coefficient (Wildman–Crippen LogP) is 1.75. The standard InChI is InChI=1S/C15H25N3O2/c1-4-18-12(3)14(11(2)17-18)7-8-15(19)16-10-13-6-5-9-20-13/h13H,4-10H2,1-3H3,(H,16,19)/t13-/m0/s1. The molecule has 0 bridgehead atoms. The second-order valence-corrected chi connectivity index (χ2v) is 5.40. The Morgan fingerprint density at radius 3 is 2.90 bits per heavy atom. The summed E-state index contributed by atoms with van der Waals surface area (Å²) in [4.78, 5) is 11.9. The second kappa shape index (κ2) is 6.88. The van der Waals surface area contributed by atoms with E-state index in [0.29, 0.717) is 13.0 Å². The summed E-state index contributed by atoms with van der Waals surface area (Å²) in [6, 6.07) is 0. The van der Waals surface area contributed by atoms with Gasteiger partial charge in [0.25, 0.3) is 0 Å². The van der Waals surface area contributed by atoms with E-state index in [9.17, 15) is 4.79 Å². The lowest BCUT2D eigenvalue weighted by atomic mass is 10.1. The molecule has 0 aromatic carbocycles. The molecule has 5 nitrogen and oxygen atoms in total. The van der Waals surface area contributed by atoms with Crippen LogP contribution in [0, 0.1) is 13.8 Å². The summed E-state index contributed by atoms with van der Waals surface area (Å²) in [6.45, 7) is 8.51. The lowest BCUT2D eigenvalue weighted by Crippen LogP contribution is -2.31. The van der Waals surface area contributed by atoms with Crippen LogP contribution in [0.15, 0.2) is 0 Å². The van der Waals surface area contributed by atoms with Crippen LogP contribution in [0.5, 0.6) is 0 Å². The van der Waals surface area contributed by atoms with Crippen LogP contribution in [0.2, 0.25) is 0 Å². The largest absolute Gasteiger partial charge is 0.376 e. The topological polar surface area (TPSA) is 56.2 Å². The maximum atomic E-state index is 11.9. The average Bonchev–Trinajstić information content (AvgIpc) is 3.03. The Bertz CT molecular complexity index is 462. The van der Waals surface area contributed by atoms with Gasteiger partial charge in [-0.15, -0.1) is 0 Å². The summed E-state index contributed by atoms with van der Waals surface area (Å²) in [5, 5.41) is 7.44. The molecule has 1 saturated heterocycles. The number of aryl methyl sites for hydroxylation is 2. The SMILES string of the molecule is CCn1nc(C)c(CCC(=O)NC[C@@H]2CCCO2)c1C.